The van der Waals surface area contributed by atoms with Crippen LogP contribution in [0.25, 0.3) is 0 Å². The normalized spacial score (nSPS) is 28.6. The summed E-state index contributed by atoms with van der Waals surface area (Å²) in [6, 6.07) is 12.4. The van der Waals surface area contributed by atoms with Gasteiger partial charge in [0.2, 0.25) is 11.8 Å². The van der Waals surface area contributed by atoms with Gasteiger partial charge in [-0.1, -0.05) is 44.0 Å². The Morgan fingerprint density at radius 2 is 1.93 bits per heavy atom. The zero-order chi connectivity index (χ0) is 20.6. The van der Waals surface area contributed by atoms with E-state index in [-0.39, 0.29) is 11.8 Å². The van der Waals surface area contributed by atoms with Crippen LogP contribution in [0.1, 0.15) is 37.1 Å². The second-order valence-electron chi connectivity index (χ2n) is 7.55. The fourth-order valence-electron chi connectivity index (χ4n) is 4.70. The maximum atomic E-state index is 13.6. The summed E-state index contributed by atoms with van der Waals surface area (Å²) in [6.45, 7) is 2.03. The first kappa shape index (κ1) is 19.8. The predicted molar refractivity (Wildman–Crippen MR) is 110 cm³/mol. The van der Waals surface area contributed by atoms with Gasteiger partial charge in [-0.15, -0.1) is 11.3 Å². The summed E-state index contributed by atoms with van der Waals surface area (Å²) in [6.07, 6.45) is 2.06. The summed E-state index contributed by atoms with van der Waals surface area (Å²) >= 11 is 1.52. The molecule has 2 saturated heterocycles. The monoisotopic (exact) mass is 412 g/mol. The lowest BCUT2D eigenvalue weighted by atomic mass is 9.77. The summed E-state index contributed by atoms with van der Waals surface area (Å²) in [4.78, 5) is 42.3. The highest BCUT2D eigenvalue weighted by molar-refractivity contribution is 7.10. The van der Waals surface area contributed by atoms with E-state index in [2.05, 4.69) is 5.32 Å². The number of rotatable bonds is 6. The molecule has 0 spiro atoms. The zero-order valence-corrected chi connectivity index (χ0v) is 17.3. The molecule has 1 aromatic heterocycles. The number of imide groups is 1. The Hall–Kier alpha value is -2.51. The van der Waals surface area contributed by atoms with Crippen LogP contribution in [0.2, 0.25) is 0 Å². The molecule has 3 heterocycles. The predicted octanol–water partition coefficient (Wildman–Crippen LogP) is 3.30. The lowest BCUT2D eigenvalue weighted by molar-refractivity contribution is -0.152. The molecule has 0 bridgehead atoms. The molecule has 29 heavy (non-hydrogen) atoms. The van der Waals surface area contributed by atoms with Crippen LogP contribution in [0.4, 0.5) is 5.69 Å². The number of thiophene rings is 1. The van der Waals surface area contributed by atoms with Crippen LogP contribution < -0.4 is 10.2 Å². The second-order valence-corrected chi connectivity index (χ2v) is 8.53. The molecule has 0 saturated carbocycles. The number of anilines is 1. The third kappa shape index (κ3) is 3.00. The summed E-state index contributed by atoms with van der Waals surface area (Å²) in [5.41, 5.74) is -0.670. The van der Waals surface area contributed by atoms with Crippen LogP contribution in [0.5, 0.6) is 0 Å². The number of esters is 1. The van der Waals surface area contributed by atoms with Gasteiger partial charge in [0.15, 0.2) is 0 Å². The van der Waals surface area contributed by atoms with E-state index in [1.165, 1.54) is 23.3 Å². The van der Waals surface area contributed by atoms with Crippen LogP contribution in [0, 0.1) is 11.8 Å². The summed E-state index contributed by atoms with van der Waals surface area (Å²) in [5, 5.41) is 5.33. The van der Waals surface area contributed by atoms with Crippen molar-refractivity contribution in [2.45, 2.75) is 37.8 Å². The fraction of sp³-hybridized carbons (Fsp3) is 0.409. The maximum Gasteiger partial charge on any atom is 0.326 e. The third-order valence-electron chi connectivity index (χ3n) is 5.99. The number of ether oxygens (including phenoxy) is 1. The van der Waals surface area contributed by atoms with Gasteiger partial charge in [0.05, 0.1) is 30.7 Å². The number of hydrogen-bond donors (Lipinski definition) is 1. The first-order chi connectivity index (χ1) is 14.0. The average molecular weight is 413 g/mol. The minimum Gasteiger partial charge on any atom is -0.468 e. The molecule has 2 amide bonds. The van der Waals surface area contributed by atoms with Gasteiger partial charge in [0, 0.05) is 4.88 Å². The minimum atomic E-state index is -1.21. The van der Waals surface area contributed by atoms with Crippen molar-refractivity contribution >= 4 is 34.8 Å². The Balaban J connectivity index is 1.84. The number of methoxy groups -OCH3 is 1. The van der Waals surface area contributed by atoms with Crippen molar-refractivity contribution < 1.29 is 19.1 Å². The minimum absolute atomic E-state index is 0.264. The Morgan fingerprint density at radius 1 is 1.17 bits per heavy atom. The lowest BCUT2D eigenvalue weighted by Crippen LogP contribution is -2.56. The van der Waals surface area contributed by atoms with Gasteiger partial charge >= 0.3 is 5.97 Å². The molecule has 152 valence electrons. The molecule has 2 aromatic rings. The van der Waals surface area contributed by atoms with Crippen LogP contribution in [0.3, 0.4) is 0 Å². The number of fused-ring (bicyclic) bond motifs is 1. The number of benzene rings is 1. The number of carbonyl (C=O) groups excluding carboxylic acids is 3. The van der Waals surface area contributed by atoms with Gasteiger partial charge in [-0.25, -0.2) is 4.90 Å². The highest BCUT2D eigenvalue weighted by Crippen LogP contribution is 2.52. The van der Waals surface area contributed by atoms with Crippen LogP contribution in [-0.4, -0.2) is 30.4 Å². The highest BCUT2D eigenvalue weighted by atomic mass is 32.1. The molecule has 4 rings (SSSR count). The van der Waals surface area contributed by atoms with Gasteiger partial charge in [-0.3, -0.25) is 19.7 Å². The van der Waals surface area contributed by atoms with Gasteiger partial charge < -0.3 is 4.74 Å². The Bertz CT molecular complexity index is 914. The zero-order valence-electron chi connectivity index (χ0n) is 16.5. The van der Waals surface area contributed by atoms with Crippen molar-refractivity contribution in [2.24, 2.45) is 11.8 Å². The Kier molecular flexibility index (Phi) is 5.27. The molecule has 0 unspecified atom stereocenters. The molecule has 2 fully saturated rings. The molecule has 6 nitrogen and oxygen atoms in total. The van der Waals surface area contributed by atoms with Crippen molar-refractivity contribution in [3.63, 3.8) is 0 Å². The van der Waals surface area contributed by atoms with Crippen LogP contribution in [0.15, 0.2) is 47.8 Å². The first-order valence-electron chi connectivity index (χ1n) is 9.87. The van der Waals surface area contributed by atoms with E-state index < -0.39 is 29.4 Å². The third-order valence-corrected chi connectivity index (χ3v) is 6.95. The number of hydrogen-bond acceptors (Lipinski definition) is 6. The number of nitrogens with zero attached hydrogens (tertiary/aromatic N) is 1. The molecule has 1 aromatic carbocycles. The summed E-state index contributed by atoms with van der Waals surface area (Å²) < 4.78 is 5.15. The largest absolute Gasteiger partial charge is 0.468 e. The topological polar surface area (TPSA) is 75.7 Å². The average Bonchev–Trinajstić information content (AvgIpc) is 3.44. The summed E-state index contributed by atoms with van der Waals surface area (Å²) in [5.74, 6) is -2.51. The quantitative estimate of drug-likeness (QED) is 0.582. The number of para-hydroxylation sites is 1. The SMILES string of the molecule is CCCC[C@]1(C(=O)OC)N[C@@H](c2cccs2)[C@H]2C(=O)N(c3ccccc3)C(=O)[C@H]21. The molecule has 2 aliphatic rings. The first-order valence-corrected chi connectivity index (χ1v) is 10.8. The van der Waals surface area contributed by atoms with Crippen molar-refractivity contribution in [3.05, 3.63) is 52.7 Å². The summed E-state index contributed by atoms with van der Waals surface area (Å²) in [7, 11) is 1.33. The van der Waals surface area contributed by atoms with Crippen LogP contribution in [-0.2, 0) is 19.1 Å². The van der Waals surface area contributed by atoms with Crippen molar-refractivity contribution in [3.8, 4) is 0 Å². The maximum absolute atomic E-state index is 13.6. The van der Waals surface area contributed by atoms with Gasteiger partial charge in [-0.2, -0.15) is 0 Å². The second kappa shape index (κ2) is 7.72. The molecule has 2 aliphatic heterocycles. The smallest absolute Gasteiger partial charge is 0.326 e. The Labute approximate surface area is 173 Å². The van der Waals surface area contributed by atoms with Gasteiger partial charge in [-0.05, 0) is 30.0 Å². The van der Waals surface area contributed by atoms with E-state index in [0.29, 0.717) is 12.1 Å². The van der Waals surface area contributed by atoms with E-state index in [4.69, 9.17) is 4.74 Å². The number of unbranched alkanes of at least 4 members (excludes halogenated alkanes) is 1. The molecular weight excluding hydrogens is 388 g/mol. The molecule has 0 radical (unpaired) electrons. The van der Waals surface area contributed by atoms with Gasteiger partial charge in [0.1, 0.15) is 5.54 Å². The van der Waals surface area contributed by atoms with Crippen molar-refractivity contribution in [1.29, 1.82) is 0 Å². The molecule has 0 aliphatic carbocycles. The number of nitrogens with one attached hydrogen (secondary N) is 1. The van der Waals surface area contributed by atoms with E-state index in [9.17, 15) is 14.4 Å². The molecule has 1 N–H and O–H groups in total. The lowest BCUT2D eigenvalue weighted by Gasteiger charge is -2.32. The highest BCUT2D eigenvalue weighted by Gasteiger charge is 2.68. The van der Waals surface area contributed by atoms with Crippen molar-refractivity contribution in [1.82, 2.24) is 5.32 Å². The van der Waals surface area contributed by atoms with E-state index in [1.54, 1.807) is 24.3 Å². The standard InChI is InChI=1S/C22H24N2O4S/c1-3-4-12-22(21(27)28-2)17-16(18(23-22)15-11-8-13-29-15)19(25)24(20(17)26)14-9-6-5-7-10-14/h5-11,13,16-18,23H,3-4,12H2,1-2H3/t16-,17-,18-,22-/m0/s1. The number of carbonyl (C=O) groups is 3. The Morgan fingerprint density at radius 3 is 2.55 bits per heavy atom. The van der Waals surface area contributed by atoms with Crippen LogP contribution >= 0.6 is 11.3 Å². The molecular formula is C22H24N2O4S. The molecule has 4 atom stereocenters. The fourth-order valence-corrected chi connectivity index (χ4v) is 5.53. The van der Waals surface area contributed by atoms with E-state index in [0.717, 1.165) is 17.7 Å². The van der Waals surface area contributed by atoms with E-state index in [1.807, 2.05) is 30.5 Å². The van der Waals surface area contributed by atoms with Crippen molar-refractivity contribution in [2.75, 3.05) is 12.0 Å². The van der Waals surface area contributed by atoms with E-state index >= 15 is 0 Å². The van der Waals surface area contributed by atoms with Gasteiger partial charge in [0.25, 0.3) is 0 Å². The number of amides is 2. The molecule has 7 heteroatoms.